The lowest BCUT2D eigenvalue weighted by Gasteiger charge is -2.34. The Kier molecular flexibility index (Phi) is 6.25. The van der Waals surface area contributed by atoms with Crippen molar-refractivity contribution in [1.29, 1.82) is 0 Å². The number of imidazole rings is 1. The fourth-order valence-electron chi connectivity index (χ4n) is 5.87. The highest BCUT2D eigenvalue weighted by molar-refractivity contribution is 5.95. The number of benzene rings is 2. The third kappa shape index (κ3) is 4.07. The summed E-state index contributed by atoms with van der Waals surface area (Å²) < 4.78 is 35.7. The minimum absolute atomic E-state index is 0.0277. The number of anilines is 1. The zero-order valence-electron chi connectivity index (χ0n) is 20.3. The molecule has 5 rings (SSSR count). The number of aromatic nitrogens is 2. The molecule has 0 bridgehead atoms. The number of hydrogen-bond donors (Lipinski definition) is 1. The van der Waals surface area contributed by atoms with E-state index in [9.17, 15) is 18.7 Å². The van der Waals surface area contributed by atoms with Gasteiger partial charge in [-0.2, -0.15) is 0 Å². The lowest BCUT2D eigenvalue weighted by atomic mass is 9.86. The molecule has 0 saturated heterocycles. The molecule has 1 aliphatic heterocycles. The molecule has 1 amide bonds. The van der Waals surface area contributed by atoms with Crippen molar-refractivity contribution in [2.75, 3.05) is 12.0 Å². The Morgan fingerprint density at radius 1 is 1.17 bits per heavy atom. The number of methoxy groups -OCH3 is 1. The Hall–Kier alpha value is -3.00. The predicted molar refractivity (Wildman–Crippen MR) is 129 cm³/mol. The molecule has 0 spiro atoms. The molecule has 1 saturated carbocycles. The minimum atomic E-state index is -1.43. The van der Waals surface area contributed by atoms with Gasteiger partial charge in [-0.15, -0.1) is 0 Å². The summed E-state index contributed by atoms with van der Waals surface area (Å²) in [6, 6.07) is 6.99. The average molecular weight is 484 g/mol. The molecule has 1 N–H and O–H groups in total. The highest BCUT2D eigenvalue weighted by Crippen LogP contribution is 2.42. The molecule has 8 heteroatoms. The molecular formula is C27H31F2N3O3. The normalized spacial score (nSPS) is 23.3. The van der Waals surface area contributed by atoms with Crippen molar-refractivity contribution in [3.05, 3.63) is 58.9 Å². The molecule has 1 aliphatic carbocycles. The molecule has 0 radical (unpaired) electrons. The van der Waals surface area contributed by atoms with Gasteiger partial charge in [0.1, 0.15) is 23.6 Å². The number of rotatable bonds is 3. The molecule has 3 aromatic rings. The number of nitrogens with zero attached hydrogens (tertiary/aromatic N) is 3. The quantitative estimate of drug-likeness (QED) is 0.492. The van der Waals surface area contributed by atoms with Gasteiger partial charge in [0.2, 0.25) is 0 Å². The number of aryl methyl sites for hydroxylation is 1. The van der Waals surface area contributed by atoms with Crippen LogP contribution in [0.25, 0.3) is 11.0 Å². The molecule has 186 valence electrons. The molecular weight excluding hydrogens is 452 g/mol. The van der Waals surface area contributed by atoms with Crippen molar-refractivity contribution in [3.63, 3.8) is 0 Å². The number of aliphatic hydroxyl groups excluding tert-OH is 1. The average Bonchev–Trinajstić information content (AvgIpc) is 3.24. The molecule has 1 aromatic heterocycles. The van der Waals surface area contributed by atoms with Gasteiger partial charge in [0.05, 0.1) is 23.8 Å². The van der Waals surface area contributed by atoms with Crippen LogP contribution in [0.5, 0.6) is 0 Å². The van der Waals surface area contributed by atoms with Crippen LogP contribution in [0.15, 0.2) is 30.3 Å². The SMILES string of the molecule is COC(=O)N1c2ccc3c(nc(C(O)c4cc(F)ccc4F)n3C3CCCC(C)C3)c2CCC1C. The predicted octanol–water partition coefficient (Wildman–Crippen LogP) is 6.05. The van der Waals surface area contributed by atoms with Crippen LogP contribution in [0.1, 0.15) is 75.0 Å². The molecule has 2 aromatic carbocycles. The van der Waals surface area contributed by atoms with Crippen LogP contribution >= 0.6 is 0 Å². The number of carbonyl (C=O) groups is 1. The van der Waals surface area contributed by atoms with Crippen molar-refractivity contribution in [3.8, 4) is 0 Å². The Labute approximate surface area is 203 Å². The van der Waals surface area contributed by atoms with Crippen LogP contribution in [0.2, 0.25) is 0 Å². The second kappa shape index (κ2) is 9.22. The number of carbonyl (C=O) groups excluding carboxylic acids is 1. The van der Waals surface area contributed by atoms with Gasteiger partial charge in [0.25, 0.3) is 0 Å². The largest absolute Gasteiger partial charge is 0.452 e. The van der Waals surface area contributed by atoms with E-state index in [2.05, 4.69) is 6.92 Å². The van der Waals surface area contributed by atoms with E-state index in [1.807, 2.05) is 23.6 Å². The lowest BCUT2D eigenvalue weighted by Crippen LogP contribution is -2.42. The van der Waals surface area contributed by atoms with Gasteiger partial charge >= 0.3 is 6.09 Å². The summed E-state index contributed by atoms with van der Waals surface area (Å²) in [4.78, 5) is 19.1. The Morgan fingerprint density at radius 3 is 2.71 bits per heavy atom. The lowest BCUT2D eigenvalue weighted by molar-refractivity contribution is 0.175. The van der Waals surface area contributed by atoms with E-state index >= 15 is 0 Å². The van der Waals surface area contributed by atoms with E-state index in [1.165, 1.54) is 7.11 Å². The fourth-order valence-corrected chi connectivity index (χ4v) is 5.87. The monoisotopic (exact) mass is 483 g/mol. The molecule has 2 aliphatic rings. The van der Waals surface area contributed by atoms with Crippen molar-refractivity contribution < 1.29 is 23.4 Å². The minimum Gasteiger partial charge on any atom is -0.452 e. The van der Waals surface area contributed by atoms with E-state index in [1.54, 1.807) is 4.90 Å². The Morgan fingerprint density at radius 2 is 1.97 bits per heavy atom. The molecule has 4 unspecified atom stereocenters. The molecule has 1 fully saturated rings. The van der Waals surface area contributed by atoms with Crippen LogP contribution in [0, 0.1) is 17.6 Å². The van der Waals surface area contributed by atoms with Crippen molar-refractivity contribution >= 4 is 22.8 Å². The number of aliphatic hydroxyl groups is 1. The summed E-state index contributed by atoms with van der Waals surface area (Å²) in [6.07, 6.45) is 3.62. The first-order valence-electron chi connectivity index (χ1n) is 12.3. The molecule has 2 heterocycles. The van der Waals surface area contributed by atoms with Crippen molar-refractivity contribution in [1.82, 2.24) is 9.55 Å². The van der Waals surface area contributed by atoms with E-state index < -0.39 is 23.8 Å². The highest BCUT2D eigenvalue weighted by Gasteiger charge is 2.34. The summed E-state index contributed by atoms with van der Waals surface area (Å²) in [5, 5.41) is 11.3. The van der Waals surface area contributed by atoms with Crippen LogP contribution in [-0.2, 0) is 11.2 Å². The number of amides is 1. The topological polar surface area (TPSA) is 67.6 Å². The maximum absolute atomic E-state index is 14.7. The van der Waals surface area contributed by atoms with Crippen LogP contribution in [0.3, 0.4) is 0 Å². The summed E-state index contributed by atoms with van der Waals surface area (Å²) in [5.41, 5.74) is 3.04. The second-order valence-corrected chi connectivity index (χ2v) is 9.99. The van der Waals surface area contributed by atoms with E-state index in [-0.39, 0.29) is 17.6 Å². The zero-order chi connectivity index (χ0) is 24.9. The van der Waals surface area contributed by atoms with Crippen LogP contribution < -0.4 is 4.90 Å². The summed E-state index contributed by atoms with van der Waals surface area (Å²) in [5.74, 6) is -0.479. The summed E-state index contributed by atoms with van der Waals surface area (Å²) in [7, 11) is 1.36. The van der Waals surface area contributed by atoms with E-state index in [4.69, 9.17) is 9.72 Å². The van der Waals surface area contributed by atoms with E-state index in [0.29, 0.717) is 23.7 Å². The smallest absolute Gasteiger partial charge is 0.414 e. The molecule has 6 nitrogen and oxygen atoms in total. The van der Waals surface area contributed by atoms with Crippen molar-refractivity contribution in [2.24, 2.45) is 5.92 Å². The van der Waals surface area contributed by atoms with Gasteiger partial charge in [0.15, 0.2) is 0 Å². The first kappa shape index (κ1) is 23.7. The number of ether oxygens (including phenoxy) is 1. The maximum Gasteiger partial charge on any atom is 0.414 e. The number of hydrogen-bond acceptors (Lipinski definition) is 4. The number of fused-ring (bicyclic) bond motifs is 3. The van der Waals surface area contributed by atoms with Crippen LogP contribution in [0.4, 0.5) is 19.3 Å². The fraction of sp³-hybridized carbons (Fsp3) is 0.481. The number of halogens is 2. The van der Waals surface area contributed by atoms with E-state index in [0.717, 1.165) is 67.1 Å². The Bertz CT molecular complexity index is 1270. The summed E-state index contributed by atoms with van der Waals surface area (Å²) in [6.45, 7) is 4.19. The van der Waals surface area contributed by atoms with Gasteiger partial charge in [-0.05, 0) is 68.9 Å². The van der Waals surface area contributed by atoms with Gasteiger partial charge in [0, 0.05) is 23.2 Å². The van der Waals surface area contributed by atoms with Crippen molar-refractivity contribution in [2.45, 2.75) is 70.6 Å². The zero-order valence-corrected chi connectivity index (χ0v) is 20.3. The van der Waals surface area contributed by atoms with Gasteiger partial charge in [-0.1, -0.05) is 19.8 Å². The second-order valence-electron chi connectivity index (χ2n) is 9.99. The molecule has 4 atom stereocenters. The molecule has 35 heavy (non-hydrogen) atoms. The standard InChI is InChI=1S/C27H31F2N3O3/c1-15-5-4-6-18(13-15)32-23-12-11-22-19(9-7-16(2)31(22)27(34)35-3)24(23)30-26(32)25(33)20-14-17(28)8-10-21(20)29/h8,10-12,14-16,18,25,33H,4-7,9,13H2,1-3H3. The first-order valence-corrected chi connectivity index (χ1v) is 12.3. The van der Waals surface area contributed by atoms with Gasteiger partial charge in [-0.25, -0.2) is 18.6 Å². The maximum atomic E-state index is 14.7. The van der Waals surface area contributed by atoms with Crippen LogP contribution in [-0.4, -0.2) is 33.9 Å². The first-order chi connectivity index (χ1) is 16.8. The Balaban J connectivity index is 1.72. The van der Waals surface area contributed by atoms with Gasteiger partial charge < -0.3 is 14.4 Å². The third-order valence-corrected chi connectivity index (χ3v) is 7.62. The third-order valence-electron chi connectivity index (χ3n) is 7.62. The summed E-state index contributed by atoms with van der Waals surface area (Å²) >= 11 is 0. The highest BCUT2D eigenvalue weighted by atomic mass is 19.1. The van der Waals surface area contributed by atoms with Gasteiger partial charge in [-0.3, -0.25) is 4.90 Å².